The van der Waals surface area contributed by atoms with Crippen molar-refractivity contribution in [1.29, 1.82) is 0 Å². The fourth-order valence-corrected chi connectivity index (χ4v) is 2.74. The average Bonchev–Trinajstić information content (AvgIpc) is 2.71. The molecule has 0 aromatic rings. The van der Waals surface area contributed by atoms with E-state index in [0.29, 0.717) is 13.0 Å². The Balaban J connectivity index is 0. The number of unbranched alkanes of at least 4 members (excludes halogenated alkanes) is 13. The summed E-state index contributed by atoms with van der Waals surface area (Å²) in [6.07, 6.45) is 26.8. The number of hydrogen-bond donors (Lipinski definition) is 0. The molecule has 0 bridgehead atoms. The summed E-state index contributed by atoms with van der Waals surface area (Å²) in [6.45, 7) is 9.34. The van der Waals surface area contributed by atoms with E-state index in [1.165, 1.54) is 83.5 Å². The van der Waals surface area contributed by atoms with Gasteiger partial charge in [0.25, 0.3) is 0 Å². The highest BCUT2D eigenvalue weighted by molar-refractivity contribution is 5.69. The summed E-state index contributed by atoms with van der Waals surface area (Å²) >= 11 is 0. The van der Waals surface area contributed by atoms with E-state index in [1.54, 1.807) is 0 Å². The minimum Gasteiger partial charge on any atom is -0.466 e. The zero-order chi connectivity index (χ0) is 21.1. The largest absolute Gasteiger partial charge is 0.466 e. The van der Waals surface area contributed by atoms with Crippen molar-refractivity contribution in [3.8, 4) is 0 Å². The number of allylic oxidation sites excluding steroid dienone is 2. The Labute approximate surface area is 177 Å². The second-order valence-corrected chi connectivity index (χ2v) is 7.91. The van der Waals surface area contributed by atoms with Crippen molar-refractivity contribution < 1.29 is 9.53 Å². The molecule has 0 aliphatic rings. The molecule has 0 aliphatic heterocycles. The fraction of sp³-hybridized carbons (Fsp3) is 0.885. The van der Waals surface area contributed by atoms with E-state index in [0.717, 1.165) is 25.7 Å². The van der Waals surface area contributed by atoms with Gasteiger partial charge in [-0.15, -0.1) is 0 Å². The van der Waals surface area contributed by atoms with Gasteiger partial charge in [-0.05, 0) is 38.5 Å². The van der Waals surface area contributed by atoms with Crippen molar-refractivity contribution in [1.82, 2.24) is 0 Å². The quantitative estimate of drug-likeness (QED) is 0.123. The van der Waals surface area contributed by atoms with E-state index >= 15 is 0 Å². The second-order valence-electron chi connectivity index (χ2n) is 7.91. The predicted molar refractivity (Wildman–Crippen MR) is 126 cm³/mol. The van der Waals surface area contributed by atoms with Crippen LogP contribution in [0.2, 0.25) is 0 Å². The lowest BCUT2D eigenvalue weighted by molar-refractivity contribution is -0.143. The standard InChI is InChI=1S/C22H42O2.C4H10/c1-3-5-7-8-9-10-11-12-13-14-15-16-17-18-19-20-22(23)24-21-6-4-2;1-3-4-2/h12-13H,3-11,14-21H2,1-2H3;3-4H2,1-2H3/b13-12-;. The molecule has 0 spiro atoms. The second kappa shape index (κ2) is 28.4. The lowest BCUT2D eigenvalue weighted by Crippen LogP contribution is -2.05. The fourth-order valence-electron chi connectivity index (χ4n) is 2.74. The van der Waals surface area contributed by atoms with Gasteiger partial charge in [-0.2, -0.15) is 0 Å². The summed E-state index contributed by atoms with van der Waals surface area (Å²) in [5.74, 6) is -0.0129. The SMILES string of the molecule is CCCC.CCCCCCCC/C=C\CCCCCCCC(=O)OCCCC. The predicted octanol–water partition coefficient (Wildman–Crippen LogP) is 9.17. The lowest BCUT2D eigenvalue weighted by Gasteiger charge is -2.03. The molecule has 0 saturated heterocycles. The maximum Gasteiger partial charge on any atom is 0.305 e. The highest BCUT2D eigenvalue weighted by atomic mass is 16.5. The normalized spacial score (nSPS) is 10.7. The zero-order valence-corrected chi connectivity index (χ0v) is 19.9. The van der Waals surface area contributed by atoms with Crippen LogP contribution in [0.15, 0.2) is 12.2 Å². The Hall–Kier alpha value is -0.790. The summed E-state index contributed by atoms with van der Waals surface area (Å²) < 4.78 is 5.15. The smallest absolute Gasteiger partial charge is 0.305 e. The molecular formula is C26H52O2. The Morgan fingerprint density at radius 2 is 1.04 bits per heavy atom. The molecule has 0 saturated carbocycles. The monoisotopic (exact) mass is 396 g/mol. The summed E-state index contributed by atoms with van der Waals surface area (Å²) in [5.41, 5.74) is 0. The minimum absolute atomic E-state index is 0.0129. The first-order valence-electron chi connectivity index (χ1n) is 12.5. The van der Waals surface area contributed by atoms with Crippen LogP contribution in [0.3, 0.4) is 0 Å². The first kappa shape index (κ1) is 29.4. The van der Waals surface area contributed by atoms with Gasteiger partial charge in [0.2, 0.25) is 0 Å². The zero-order valence-electron chi connectivity index (χ0n) is 19.9. The Morgan fingerprint density at radius 3 is 1.54 bits per heavy atom. The highest BCUT2D eigenvalue weighted by Crippen LogP contribution is 2.10. The van der Waals surface area contributed by atoms with Crippen LogP contribution >= 0.6 is 0 Å². The van der Waals surface area contributed by atoms with E-state index in [9.17, 15) is 4.79 Å². The molecule has 0 amide bonds. The van der Waals surface area contributed by atoms with Gasteiger partial charge in [0.05, 0.1) is 6.61 Å². The number of carbonyl (C=O) groups is 1. The molecule has 0 aliphatic carbocycles. The Morgan fingerprint density at radius 1 is 0.571 bits per heavy atom. The maximum atomic E-state index is 11.4. The minimum atomic E-state index is -0.0129. The van der Waals surface area contributed by atoms with E-state index in [2.05, 4.69) is 39.8 Å². The van der Waals surface area contributed by atoms with E-state index in [4.69, 9.17) is 4.74 Å². The molecule has 0 aromatic carbocycles. The maximum absolute atomic E-state index is 11.4. The van der Waals surface area contributed by atoms with Crippen LogP contribution in [0, 0.1) is 0 Å². The third kappa shape index (κ3) is 30.0. The van der Waals surface area contributed by atoms with Gasteiger partial charge >= 0.3 is 5.97 Å². The third-order valence-corrected chi connectivity index (χ3v) is 4.90. The molecule has 168 valence electrons. The number of carbonyl (C=O) groups excluding carboxylic acids is 1. The van der Waals surface area contributed by atoms with Gasteiger partial charge in [-0.1, -0.05) is 110 Å². The molecule has 2 heteroatoms. The molecule has 28 heavy (non-hydrogen) atoms. The van der Waals surface area contributed by atoms with Crippen molar-refractivity contribution >= 4 is 5.97 Å². The lowest BCUT2D eigenvalue weighted by atomic mass is 10.1. The summed E-state index contributed by atoms with van der Waals surface area (Å²) in [4.78, 5) is 11.4. The van der Waals surface area contributed by atoms with Gasteiger partial charge in [-0.25, -0.2) is 0 Å². The Kier molecular flexibility index (Phi) is 29.9. The van der Waals surface area contributed by atoms with Crippen LogP contribution in [0.4, 0.5) is 0 Å². The van der Waals surface area contributed by atoms with Crippen LogP contribution in [0.25, 0.3) is 0 Å². The molecule has 0 unspecified atom stereocenters. The third-order valence-electron chi connectivity index (χ3n) is 4.90. The van der Waals surface area contributed by atoms with Gasteiger partial charge in [-0.3, -0.25) is 4.79 Å². The van der Waals surface area contributed by atoms with Gasteiger partial charge in [0, 0.05) is 6.42 Å². The van der Waals surface area contributed by atoms with E-state index in [1.807, 2.05) is 0 Å². The van der Waals surface area contributed by atoms with Crippen LogP contribution in [0.1, 0.15) is 143 Å². The molecule has 0 N–H and O–H groups in total. The molecule has 0 aromatic heterocycles. The summed E-state index contributed by atoms with van der Waals surface area (Å²) in [5, 5.41) is 0. The van der Waals surface area contributed by atoms with Crippen LogP contribution in [-0.2, 0) is 9.53 Å². The van der Waals surface area contributed by atoms with Crippen LogP contribution < -0.4 is 0 Å². The van der Waals surface area contributed by atoms with E-state index in [-0.39, 0.29) is 5.97 Å². The van der Waals surface area contributed by atoms with Crippen molar-refractivity contribution in [2.24, 2.45) is 0 Å². The van der Waals surface area contributed by atoms with Gasteiger partial charge < -0.3 is 4.74 Å². The van der Waals surface area contributed by atoms with Crippen molar-refractivity contribution in [3.63, 3.8) is 0 Å². The number of rotatable bonds is 19. The van der Waals surface area contributed by atoms with Crippen molar-refractivity contribution in [2.75, 3.05) is 6.61 Å². The van der Waals surface area contributed by atoms with Crippen LogP contribution in [0.5, 0.6) is 0 Å². The summed E-state index contributed by atoms with van der Waals surface area (Å²) in [7, 11) is 0. The van der Waals surface area contributed by atoms with Gasteiger partial charge in [0.1, 0.15) is 0 Å². The highest BCUT2D eigenvalue weighted by Gasteiger charge is 2.01. The molecule has 2 nitrogen and oxygen atoms in total. The topological polar surface area (TPSA) is 26.3 Å². The average molecular weight is 397 g/mol. The first-order chi connectivity index (χ1) is 13.7. The van der Waals surface area contributed by atoms with Crippen molar-refractivity contribution in [2.45, 2.75) is 143 Å². The molecule has 0 atom stereocenters. The molecule has 0 radical (unpaired) electrons. The number of ether oxygens (including phenoxy) is 1. The molecular weight excluding hydrogens is 344 g/mol. The summed E-state index contributed by atoms with van der Waals surface area (Å²) in [6, 6.07) is 0. The van der Waals surface area contributed by atoms with Crippen molar-refractivity contribution in [3.05, 3.63) is 12.2 Å². The number of hydrogen-bond acceptors (Lipinski definition) is 2. The number of esters is 1. The van der Waals surface area contributed by atoms with Gasteiger partial charge in [0.15, 0.2) is 0 Å². The first-order valence-corrected chi connectivity index (χ1v) is 12.5. The molecule has 0 rings (SSSR count). The van der Waals surface area contributed by atoms with E-state index < -0.39 is 0 Å². The molecule has 0 heterocycles. The molecule has 0 fully saturated rings. The Bertz CT molecular complexity index is 308. The van der Waals surface area contributed by atoms with Crippen LogP contribution in [-0.4, -0.2) is 12.6 Å².